The van der Waals surface area contributed by atoms with Crippen molar-refractivity contribution < 1.29 is 68.7 Å². The van der Waals surface area contributed by atoms with Crippen LogP contribution in [0.1, 0.15) is 52.9 Å². The molecule has 7 nitrogen and oxygen atoms in total. The van der Waals surface area contributed by atoms with Gasteiger partial charge >= 0.3 is 35.5 Å². The Hall–Kier alpha value is -0.770. The van der Waals surface area contributed by atoms with Crippen molar-refractivity contribution >= 4 is 11.9 Å². The van der Waals surface area contributed by atoms with Gasteiger partial charge in [0.2, 0.25) is 0 Å². The van der Waals surface area contributed by atoms with E-state index in [2.05, 4.69) is 13.0 Å². The van der Waals surface area contributed by atoms with Crippen molar-refractivity contribution in [3.63, 3.8) is 0 Å². The van der Waals surface area contributed by atoms with Gasteiger partial charge in [0.25, 0.3) is 0 Å². The Morgan fingerprint density at radius 3 is 2.56 bits per heavy atom. The quantitative estimate of drug-likeness (QED) is 0.273. The molecule has 7 atom stereocenters. The molecule has 0 heterocycles. The molecule has 9 heteroatoms. The zero-order valence-electron chi connectivity index (χ0n) is 19.6. The first kappa shape index (κ1) is 31.2. The number of hydrogen-bond acceptors (Lipinski definition) is 7. The van der Waals surface area contributed by atoms with Crippen molar-refractivity contribution in [2.75, 3.05) is 13.3 Å². The molecule has 0 saturated heterocycles. The van der Waals surface area contributed by atoms with Gasteiger partial charge in [0.1, 0.15) is 6.10 Å². The minimum absolute atomic E-state index is 0. The van der Waals surface area contributed by atoms with Crippen LogP contribution in [-0.4, -0.2) is 58.9 Å². The van der Waals surface area contributed by atoms with Gasteiger partial charge in [-0.05, 0) is 36.7 Å². The molecule has 0 fully saturated rings. The molecule has 0 saturated carbocycles. The van der Waals surface area contributed by atoms with Crippen LogP contribution < -0.4 is 34.7 Å². The number of carboxylic acid groups (broad SMARTS) is 1. The number of carboxylic acids is 1. The third kappa shape index (κ3) is 10.0. The number of aliphatic carboxylic acids is 1. The number of esters is 1. The smallest absolute Gasteiger partial charge is 0.550 e. The number of fused-ring (bicyclic) bond motifs is 1. The van der Waals surface area contributed by atoms with Gasteiger partial charge in [0.05, 0.1) is 24.8 Å². The zero-order chi connectivity index (χ0) is 23.6. The second-order valence-corrected chi connectivity index (χ2v) is 8.38. The molecule has 32 heavy (non-hydrogen) atoms. The summed E-state index contributed by atoms with van der Waals surface area (Å²) in [5.41, 5.74) is 0.984. The van der Waals surface area contributed by atoms with Crippen molar-refractivity contribution in [3.05, 3.63) is 23.8 Å². The molecule has 0 spiro atoms. The minimum Gasteiger partial charge on any atom is -0.550 e. The van der Waals surface area contributed by atoms with Crippen molar-refractivity contribution in [1.29, 1.82) is 0 Å². The minimum atomic E-state index is -1.30. The number of alkyl halides is 1. The number of hydrogen-bond donors (Lipinski definition) is 3. The summed E-state index contributed by atoms with van der Waals surface area (Å²) in [4.78, 5) is 21.9. The third-order valence-corrected chi connectivity index (χ3v) is 5.96. The maximum Gasteiger partial charge on any atom is 1.00 e. The van der Waals surface area contributed by atoms with Gasteiger partial charge in [-0.25, -0.2) is 0 Å². The first-order valence-corrected chi connectivity index (χ1v) is 11.0. The summed E-state index contributed by atoms with van der Waals surface area (Å²) in [5, 5.41) is 36.6. The van der Waals surface area contributed by atoms with E-state index in [1.54, 1.807) is 0 Å². The molecular formula is C23H36FNaO7. The SMILES string of the molecule is CC[C@H](C)C(=O)O[C@H]1C[C@H](O)C=C2C=C[C@H](C)[C@H](CCF)[C@H]21.O=C([O-])C[C@H](O)CCO.[Na+]. The number of ether oxygens (including phenoxy) is 1. The summed E-state index contributed by atoms with van der Waals surface area (Å²) >= 11 is 0. The second kappa shape index (κ2) is 16.0. The van der Waals surface area contributed by atoms with E-state index in [0.29, 0.717) is 12.8 Å². The number of aliphatic hydroxyl groups is 3. The van der Waals surface area contributed by atoms with E-state index in [1.165, 1.54) is 0 Å². The fourth-order valence-corrected chi connectivity index (χ4v) is 3.99. The van der Waals surface area contributed by atoms with Crippen LogP contribution in [0.3, 0.4) is 0 Å². The molecule has 0 bridgehead atoms. The van der Waals surface area contributed by atoms with E-state index < -0.39 is 24.6 Å². The second-order valence-electron chi connectivity index (χ2n) is 8.38. The van der Waals surface area contributed by atoms with Crippen molar-refractivity contribution in [2.45, 2.75) is 71.2 Å². The molecule has 0 aromatic rings. The fourth-order valence-electron chi connectivity index (χ4n) is 3.99. The average molecular weight is 467 g/mol. The summed E-state index contributed by atoms with van der Waals surface area (Å²) in [6.07, 6.45) is 5.22. The Balaban J connectivity index is 0.000000821. The van der Waals surface area contributed by atoms with Gasteiger partial charge in [-0.15, -0.1) is 0 Å². The first-order valence-electron chi connectivity index (χ1n) is 11.0. The van der Waals surface area contributed by atoms with E-state index in [1.807, 2.05) is 26.0 Å². The molecular weight excluding hydrogens is 430 g/mol. The van der Waals surface area contributed by atoms with Crippen molar-refractivity contribution in [1.82, 2.24) is 0 Å². The molecule has 3 N–H and O–H groups in total. The maximum absolute atomic E-state index is 13.0. The van der Waals surface area contributed by atoms with Crippen LogP contribution in [0.5, 0.6) is 0 Å². The van der Waals surface area contributed by atoms with Gasteiger partial charge in [-0.2, -0.15) is 0 Å². The van der Waals surface area contributed by atoms with Crippen molar-refractivity contribution in [2.24, 2.45) is 23.7 Å². The van der Waals surface area contributed by atoms with Crippen LogP contribution in [0, 0.1) is 23.7 Å². The molecule has 0 aromatic heterocycles. The van der Waals surface area contributed by atoms with Crippen LogP contribution in [0.2, 0.25) is 0 Å². The molecule has 178 valence electrons. The van der Waals surface area contributed by atoms with Crippen LogP contribution in [0.4, 0.5) is 4.39 Å². The summed E-state index contributed by atoms with van der Waals surface area (Å²) in [5.74, 6) is -1.31. The van der Waals surface area contributed by atoms with E-state index in [9.17, 15) is 24.2 Å². The number of halogens is 1. The molecule has 0 unspecified atom stereocenters. The van der Waals surface area contributed by atoms with Gasteiger partial charge in [-0.1, -0.05) is 39.0 Å². The third-order valence-electron chi connectivity index (χ3n) is 5.96. The number of allylic oxidation sites excluding steroid dienone is 2. The number of aliphatic hydroxyl groups excluding tert-OH is 3. The summed E-state index contributed by atoms with van der Waals surface area (Å²) < 4.78 is 18.7. The summed E-state index contributed by atoms with van der Waals surface area (Å²) in [6.45, 7) is 5.30. The molecule has 0 aliphatic heterocycles. The summed E-state index contributed by atoms with van der Waals surface area (Å²) in [6, 6.07) is 0. The molecule has 0 aromatic carbocycles. The predicted molar refractivity (Wildman–Crippen MR) is 111 cm³/mol. The van der Waals surface area contributed by atoms with E-state index in [0.717, 1.165) is 12.0 Å². The van der Waals surface area contributed by atoms with Gasteiger partial charge in [-0.3, -0.25) is 9.18 Å². The molecule has 0 radical (unpaired) electrons. The standard InChI is InChI=1S/C18H27FO3.C5H10O4.Na/c1-4-11(2)18(21)22-16-10-14(20)9-13-6-5-12(3)15(7-8-19)17(13)16;6-2-1-4(7)3-5(8)9;/h5-6,9,11-12,14-17,20H,4,7-8,10H2,1-3H3;4,6-7H,1-3H2,(H,8,9);/q;;+1/p-1/t11-,12-,14+,15-,16-,17-;4-;/m01./s1. The van der Waals surface area contributed by atoms with Gasteiger partial charge in [0, 0.05) is 31.3 Å². The topological polar surface area (TPSA) is 127 Å². The van der Waals surface area contributed by atoms with Crippen LogP contribution in [0.25, 0.3) is 0 Å². The Bertz CT molecular complexity index is 640. The Labute approximate surface area is 212 Å². The van der Waals surface area contributed by atoms with E-state index >= 15 is 0 Å². The first-order chi connectivity index (χ1) is 14.6. The zero-order valence-corrected chi connectivity index (χ0v) is 21.6. The number of carbonyl (C=O) groups excluding carboxylic acids is 2. The molecule has 2 aliphatic rings. The fraction of sp³-hybridized carbons (Fsp3) is 0.739. The molecule has 2 aliphatic carbocycles. The molecule has 0 amide bonds. The monoisotopic (exact) mass is 466 g/mol. The van der Waals surface area contributed by atoms with E-state index in [-0.39, 0.29) is 85.0 Å². The van der Waals surface area contributed by atoms with E-state index in [4.69, 9.17) is 14.9 Å². The molecule has 2 rings (SSSR count). The predicted octanol–water partition coefficient (Wildman–Crippen LogP) is -1.69. The Morgan fingerprint density at radius 1 is 1.38 bits per heavy atom. The van der Waals surface area contributed by atoms with Crippen molar-refractivity contribution in [3.8, 4) is 0 Å². The van der Waals surface area contributed by atoms with Gasteiger partial charge in [0.15, 0.2) is 0 Å². The Kier molecular flexibility index (Phi) is 15.6. The van der Waals surface area contributed by atoms with Gasteiger partial charge < -0.3 is 30.0 Å². The number of rotatable bonds is 9. The maximum atomic E-state index is 13.0. The normalized spacial score (nSPS) is 28.1. The van der Waals surface area contributed by atoms with Crippen LogP contribution >= 0.6 is 0 Å². The summed E-state index contributed by atoms with van der Waals surface area (Å²) in [7, 11) is 0. The van der Waals surface area contributed by atoms with Crippen LogP contribution in [0.15, 0.2) is 23.8 Å². The average Bonchev–Trinajstić information content (AvgIpc) is 2.69. The van der Waals surface area contributed by atoms with Crippen LogP contribution in [-0.2, 0) is 14.3 Å². The Morgan fingerprint density at radius 2 is 2.03 bits per heavy atom. The largest absolute Gasteiger partial charge is 1.00 e. The number of carbonyl (C=O) groups is 2.